The summed E-state index contributed by atoms with van der Waals surface area (Å²) in [6.07, 6.45) is -8.37. The molecule has 9 heteroatoms. The number of aryl methyl sites for hydroxylation is 1. The average Bonchev–Trinajstić information content (AvgIpc) is 2.83. The normalized spacial score (nSPS) is 12.2. The van der Waals surface area contributed by atoms with E-state index in [1.54, 1.807) is 38.1 Å². The van der Waals surface area contributed by atoms with Gasteiger partial charge in [-0.3, -0.25) is 4.79 Å². The SMILES string of the molecule is Cc1ccc(CN(C(=O)O[C@H](CC(F)(F)F)c2ccc(C(=O)Nc3ccccc3N)cc2)C(C)C)cc1. The molecule has 6 nitrogen and oxygen atoms in total. The molecule has 0 heterocycles. The average molecular weight is 514 g/mol. The first kappa shape index (κ1) is 27.6. The number of benzene rings is 3. The van der Waals surface area contributed by atoms with E-state index in [4.69, 9.17) is 10.5 Å². The fourth-order valence-electron chi connectivity index (χ4n) is 3.63. The zero-order chi connectivity index (χ0) is 27.2. The number of ether oxygens (including phenoxy) is 1. The van der Waals surface area contributed by atoms with Gasteiger partial charge in [-0.15, -0.1) is 0 Å². The Labute approximate surface area is 214 Å². The zero-order valence-corrected chi connectivity index (χ0v) is 20.9. The van der Waals surface area contributed by atoms with Crippen LogP contribution in [0.2, 0.25) is 0 Å². The first-order valence-electron chi connectivity index (χ1n) is 11.8. The van der Waals surface area contributed by atoms with Gasteiger partial charge in [0.2, 0.25) is 0 Å². The van der Waals surface area contributed by atoms with Gasteiger partial charge in [0.25, 0.3) is 5.91 Å². The van der Waals surface area contributed by atoms with Crippen molar-refractivity contribution in [3.8, 4) is 0 Å². The smallest absolute Gasteiger partial charge is 0.410 e. The van der Waals surface area contributed by atoms with E-state index in [0.717, 1.165) is 11.1 Å². The van der Waals surface area contributed by atoms with Crippen LogP contribution in [-0.4, -0.2) is 29.1 Å². The molecule has 0 spiro atoms. The number of carbonyl (C=O) groups is 2. The number of nitrogens with one attached hydrogen (secondary N) is 1. The molecule has 2 amide bonds. The second kappa shape index (κ2) is 11.8. The number of carbonyl (C=O) groups excluding carboxylic acids is 2. The number of nitrogens with zero attached hydrogens (tertiary/aromatic N) is 1. The molecule has 0 aliphatic heterocycles. The minimum Gasteiger partial charge on any atom is -0.441 e. The summed E-state index contributed by atoms with van der Waals surface area (Å²) in [5.74, 6) is -0.474. The molecule has 3 aromatic carbocycles. The van der Waals surface area contributed by atoms with Crippen LogP contribution < -0.4 is 11.1 Å². The molecular formula is C28H30F3N3O3. The highest BCUT2D eigenvalue weighted by molar-refractivity contribution is 6.05. The first-order chi connectivity index (χ1) is 17.4. The van der Waals surface area contributed by atoms with Gasteiger partial charge in [-0.1, -0.05) is 54.1 Å². The maximum absolute atomic E-state index is 13.4. The van der Waals surface area contributed by atoms with Crippen LogP contribution in [0.1, 0.15) is 53.4 Å². The second-order valence-electron chi connectivity index (χ2n) is 9.06. The third-order valence-electron chi connectivity index (χ3n) is 5.74. The molecule has 196 valence electrons. The molecule has 0 aromatic heterocycles. The van der Waals surface area contributed by atoms with Crippen LogP contribution in [0.5, 0.6) is 0 Å². The highest BCUT2D eigenvalue weighted by Crippen LogP contribution is 2.33. The van der Waals surface area contributed by atoms with Crippen LogP contribution in [0.25, 0.3) is 0 Å². The van der Waals surface area contributed by atoms with Crippen molar-refractivity contribution in [3.05, 3.63) is 95.1 Å². The quantitative estimate of drug-likeness (QED) is 0.322. The van der Waals surface area contributed by atoms with Gasteiger partial charge in [-0.2, -0.15) is 13.2 Å². The van der Waals surface area contributed by atoms with E-state index in [1.165, 1.54) is 29.2 Å². The lowest BCUT2D eigenvalue weighted by atomic mass is 10.0. The molecule has 0 saturated heterocycles. The van der Waals surface area contributed by atoms with Gasteiger partial charge >= 0.3 is 12.3 Å². The number of hydrogen-bond acceptors (Lipinski definition) is 4. The minimum atomic E-state index is -4.58. The molecule has 0 radical (unpaired) electrons. The number of rotatable bonds is 8. The summed E-state index contributed by atoms with van der Waals surface area (Å²) in [5.41, 5.74) is 8.87. The van der Waals surface area contributed by atoms with E-state index < -0.39 is 30.7 Å². The molecule has 0 unspecified atom stereocenters. The number of nitrogens with two attached hydrogens (primary N) is 1. The van der Waals surface area contributed by atoms with Crippen LogP contribution in [0.4, 0.5) is 29.3 Å². The van der Waals surface area contributed by atoms with E-state index in [9.17, 15) is 22.8 Å². The van der Waals surface area contributed by atoms with Crippen molar-refractivity contribution in [2.45, 2.75) is 52.1 Å². The van der Waals surface area contributed by atoms with Crippen molar-refractivity contribution in [2.75, 3.05) is 11.1 Å². The van der Waals surface area contributed by atoms with E-state index in [0.29, 0.717) is 11.4 Å². The molecule has 0 aliphatic rings. The number of anilines is 2. The van der Waals surface area contributed by atoms with Gasteiger partial charge in [-0.25, -0.2) is 4.79 Å². The Morgan fingerprint density at radius 2 is 1.59 bits per heavy atom. The van der Waals surface area contributed by atoms with Gasteiger partial charge in [0.1, 0.15) is 6.10 Å². The van der Waals surface area contributed by atoms with Crippen LogP contribution in [0.15, 0.2) is 72.8 Å². The first-order valence-corrected chi connectivity index (χ1v) is 11.8. The van der Waals surface area contributed by atoms with E-state index in [-0.39, 0.29) is 23.7 Å². The van der Waals surface area contributed by atoms with Crippen molar-refractivity contribution in [1.82, 2.24) is 4.90 Å². The predicted octanol–water partition coefficient (Wildman–Crippen LogP) is 6.87. The molecule has 37 heavy (non-hydrogen) atoms. The molecule has 3 aromatic rings. The number of nitrogen functional groups attached to an aromatic ring is 1. The largest absolute Gasteiger partial charge is 0.441 e. The van der Waals surface area contributed by atoms with Crippen LogP contribution in [0.3, 0.4) is 0 Å². The third-order valence-corrected chi connectivity index (χ3v) is 5.74. The number of alkyl halides is 3. The second-order valence-corrected chi connectivity index (χ2v) is 9.06. The number of hydrogen-bond donors (Lipinski definition) is 2. The maximum atomic E-state index is 13.4. The lowest BCUT2D eigenvalue weighted by Gasteiger charge is -2.29. The Morgan fingerprint density at radius 1 is 0.973 bits per heavy atom. The summed E-state index contributed by atoms with van der Waals surface area (Å²) >= 11 is 0. The van der Waals surface area contributed by atoms with Crippen LogP contribution in [-0.2, 0) is 11.3 Å². The van der Waals surface area contributed by atoms with E-state index in [2.05, 4.69) is 5.32 Å². The Balaban J connectivity index is 1.77. The highest BCUT2D eigenvalue weighted by Gasteiger charge is 2.36. The number of para-hydroxylation sites is 2. The summed E-state index contributed by atoms with van der Waals surface area (Å²) in [5, 5.41) is 2.66. The van der Waals surface area contributed by atoms with E-state index >= 15 is 0 Å². The topological polar surface area (TPSA) is 84.7 Å². The van der Waals surface area contributed by atoms with E-state index in [1.807, 2.05) is 31.2 Å². The molecule has 0 fully saturated rings. The van der Waals surface area contributed by atoms with Crippen molar-refractivity contribution in [2.24, 2.45) is 0 Å². The number of halogens is 3. The molecule has 0 bridgehead atoms. The van der Waals surface area contributed by atoms with Crippen molar-refractivity contribution >= 4 is 23.4 Å². The van der Waals surface area contributed by atoms with Gasteiger partial charge in [0, 0.05) is 18.2 Å². The minimum absolute atomic E-state index is 0.125. The Hall–Kier alpha value is -4.01. The van der Waals surface area contributed by atoms with Gasteiger partial charge < -0.3 is 20.7 Å². The van der Waals surface area contributed by atoms with Crippen molar-refractivity contribution in [1.29, 1.82) is 0 Å². The van der Waals surface area contributed by atoms with Gasteiger partial charge in [0.05, 0.1) is 17.8 Å². The standard InChI is InChI=1S/C28H30F3N3O3/c1-18(2)34(17-20-10-8-19(3)9-11-20)27(36)37-25(16-28(29,30)31)21-12-14-22(15-13-21)26(35)33-24-7-5-4-6-23(24)32/h4-15,18,25H,16-17,32H2,1-3H3,(H,33,35)/t25-/m1/s1. The predicted molar refractivity (Wildman–Crippen MR) is 137 cm³/mol. The third kappa shape index (κ3) is 7.99. The summed E-state index contributed by atoms with van der Waals surface area (Å²) in [4.78, 5) is 26.9. The fourth-order valence-corrected chi connectivity index (χ4v) is 3.63. The molecular weight excluding hydrogens is 483 g/mol. The summed E-state index contributed by atoms with van der Waals surface area (Å²) in [6.45, 7) is 5.66. The Bertz CT molecular complexity index is 1210. The zero-order valence-electron chi connectivity index (χ0n) is 20.9. The Kier molecular flexibility index (Phi) is 8.81. The number of amides is 2. The molecule has 0 aliphatic carbocycles. The lowest BCUT2D eigenvalue weighted by Crippen LogP contribution is -2.38. The molecule has 3 N–H and O–H groups in total. The van der Waals surface area contributed by atoms with Crippen molar-refractivity contribution < 1.29 is 27.5 Å². The monoisotopic (exact) mass is 513 g/mol. The summed E-state index contributed by atoms with van der Waals surface area (Å²) in [6, 6.07) is 19.4. The molecule has 1 atom stereocenters. The van der Waals surface area contributed by atoms with Crippen LogP contribution >= 0.6 is 0 Å². The Morgan fingerprint density at radius 3 is 2.16 bits per heavy atom. The summed E-state index contributed by atoms with van der Waals surface area (Å²) in [7, 11) is 0. The summed E-state index contributed by atoms with van der Waals surface area (Å²) < 4.78 is 45.6. The van der Waals surface area contributed by atoms with Gasteiger partial charge in [0.15, 0.2) is 0 Å². The lowest BCUT2D eigenvalue weighted by molar-refractivity contribution is -0.155. The molecule has 0 saturated carbocycles. The van der Waals surface area contributed by atoms with Gasteiger partial charge in [-0.05, 0) is 56.2 Å². The maximum Gasteiger partial charge on any atom is 0.410 e. The fraction of sp³-hybridized carbons (Fsp3) is 0.286. The molecule has 3 rings (SSSR count). The highest BCUT2D eigenvalue weighted by atomic mass is 19.4. The van der Waals surface area contributed by atoms with Crippen LogP contribution in [0, 0.1) is 6.92 Å². The van der Waals surface area contributed by atoms with Crippen molar-refractivity contribution in [3.63, 3.8) is 0 Å².